The van der Waals surface area contributed by atoms with E-state index in [2.05, 4.69) is 14.7 Å². The van der Waals surface area contributed by atoms with Crippen molar-refractivity contribution in [3.8, 4) is 11.3 Å². The maximum Gasteiger partial charge on any atom is 0.279 e. The van der Waals surface area contributed by atoms with Crippen molar-refractivity contribution in [1.82, 2.24) is 9.97 Å². The number of rotatable bonds is 4. The summed E-state index contributed by atoms with van der Waals surface area (Å²) in [6.07, 6.45) is 1.63. The standard InChI is InChI=1S/C20H15N3O2S/c24-26(25,23-18-12-4-9-16-10-6-14-21-20(16)18)19-13-5-11-17(22-19)15-7-2-1-3-8-15/h1-14,23H. The Balaban J connectivity index is 1.73. The molecular formula is C20H15N3O2S. The van der Waals surface area contributed by atoms with Gasteiger partial charge < -0.3 is 0 Å². The number of anilines is 1. The second-order valence-corrected chi connectivity index (χ2v) is 7.34. The molecule has 4 aromatic rings. The Morgan fingerprint density at radius 3 is 2.38 bits per heavy atom. The summed E-state index contributed by atoms with van der Waals surface area (Å²) in [6, 6.07) is 23.5. The van der Waals surface area contributed by atoms with Crippen LogP contribution in [0.2, 0.25) is 0 Å². The summed E-state index contributed by atoms with van der Waals surface area (Å²) in [6.45, 7) is 0. The molecule has 0 atom stereocenters. The van der Waals surface area contributed by atoms with E-state index in [1.54, 1.807) is 30.5 Å². The lowest BCUT2D eigenvalue weighted by molar-refractivity contribution is 0.598. The normalized spacial score (nSPS) is 11.4. The molecule has 0 saturated carbocycles. The Morgan fingerprint density at radius 2 is 1.54 bits per heavy atom. The van der Waals surface area contributed by atoms with Crippen molar-refractivity contribution < 1.29 is 8.42 Å². The molecule has 26 heavy (non-hydrogen) atoms. The molecule has 0 amide bonds. The molecule has 0 aliphatic rings. The molecule has 0 bridgehead atoms. The minimum Gasteiger partial charge on any atom is -0.276 e. The van der Waals surface area contributed by atoms with Gasteiger partial charge in [-0.1, -0.05) is 54.6 Å². The van der Waals surface area contributed by atoms with E-state index in [1.165, 1.54) is 6.07 Å². The number of fused-ring (bicyclic) bond motifs is 1. The van der Waals surface area contributed by atoms with Crippen LogP contribution in [0.25, 0.3) is 22.2 Å². The smallest absolute Gasteiger partial charge is 0.276 e. The van der Waals surface area contributed by atoms with Crippen LogP contribution >= 0.6 is 0 Å². The maximum atomic E-state index is 12.8. The fourth-order valence-corrected chi connectivity index (χ4v) is 3.75. The van der Waals surface area contributed by atoms with Gasteiger partial charge in [0.05, 0.1) is 16.9 Å². The van der Waals surface area contributed by atoms with Crippen molar-refractivity contribution in [1.29, 1.82) is 0 Å². The van der Waals surface area contributed by atoms with Crippen molar-refractivity contribution in [2.45, 2.75) is 5.03 Å². The second-order valence-electron chi connectivity index (χ2n) is 5.71. The van der Waals surface area contributed by atoms with Crippen LogP contribution < -0.4 is 4.72 Å². The Hall–Kier alpha value is -3.25. The quantitative estimate of drug-likeness (QED) is 0.594. The van der Waals surface area contributed by atoms with Crippen LogP contribution in [0.5, 0.6) is 0 Å². The molecule has 0 unspecified atom stereocenters. The highest BCUT2D eigenvalue weighted by Crippen LogP contribution is 2.24. The molecule has 2 aromatic carbocycles. The molecule has 2 heterocycles. The summed E-state index contributed by atoms with van der Waals surface area (Å²) >= 11 is 0. The summed E-state index contributed by atoms with van der Waals surface area (Å²) in [4.78, 5) is 8.60. The van der Waals surface area contributed by atoms with Crippen LogP contribution in [0.1, 0.15) is 0 Å². The Bertz CT molecular complexity index is 1170. The third-order valence-corrected chi connectivity index (χ3v) is 5.21. The van der Waals surface area contributed by atoms with Gasteiger partial charge in [0.1, 0.15) is 0 Å². The van der Waals surface area contributed by atoms with E-state index in [4.69, 9.17) is 0 Å². The molecule has 2 aromatic heterocycles. The number of nitrogens with one attached hydrogen (secondary N) is 1. The van der Waals surface area contributed by atoms with Crippen molar-refractivity contribution in [2.24, 2.45) is 0 Å². The summed E-state index contributed by atoms with van der Waals surface area (Å²) in [5.41, 5.74) is 2.48. The number of hydrogen-bond acceptors (Lipinski definition) is 4. The van der Waals surface area contributed by atoms with E-state index in [9.17, 15) is 8.42 Å². The first-order chi connectivity index (χ1) is 12.6. The van der Waals surface area contributed by atoms with E-state index >= 15 is 0 Å². The lowest BCUT2D eigenvalue weighted by Gasteiger charge is -2.10. The number of benzene rings is 2. The van der Waals surface area contributed by atoms with Gasteiger partial charge in [0.15, 0.2) is 5.03 Å². The molecule has 0 aliphatic heterocycles. The fraction of sp³-hybridized carbons (Fsp3) is 0. The van der Waals surface area contributed by atoms with Crippen molar-refractivity contribution in [3.05, 3.63) is 85.1 Å². The van der Waals surface area contributed by atoms with Gasteiger partial charge in [-0.25, -0.2) is 4.98 Å². The lowest BCUT2D eigenvalue weighted by atomic mass is 10.1. The predicted molar refractivity (Wildman–Crippen MR) is 102 cm³/mol. The summed E-state index contributed by atoms with van der Waals surface area (Å²) in [5.74, 6) is 0. The molecule has 0 radical (unpaired) electrons. The molecule has 128 valence electrons. The van der Waals surface area contributed by atoms with Crippen molar-refractivity contribution >= 4 is 26.6 Å². The number of sulfonamides is 1. The minimum atomic E-state index is -3.84. The maximum absolute atomic E-state index is 12.8. The number of pyridine rings is 2. The Morgan fingerprint density at radius 1 is 0.769 bits per heavy atom. The topological polar surface area (TPSA) is 72.0 Å². The molecule has 0 saturated heterocycles. The van der Waals surface area contributed by atoms with Crippen LogP contribution in [0.4, 0.5) is 5.69 Å². The van der Waals surface area contributed by atoms with Gasteiger partial charge >= 0.3 is 0 Å². The highest BCUT2D eigenvalue weighted by atomic mass is 32.2. The number of hydrogen-bond donors (Lipinski definition) is 1. The summed E-state index contributed by atoms with van der Waals surface area (Å²) in [5, 5.41) is 0.825. The van der Waals surface area contributed by atoms with Crippen molar-refractivity contribution in [3.63, 3.8) is 0 Å². The Kier molecular flexibility index (Phi) is 4.10. The van der Waals surface area contributed by atoms with Gasteiger partial charge in [-0.2, -0.15) is 8.42 Å². The van der Waals surface area contributed by atoms with E-state index in [0.717, 1.165) is 10.9 Å². The molecule has 5 nitrogen and oxygen atoms in total. The first-order valence-electron chi connectivity index (χ1n) is 8.02. The van der Waals surface area contributed by atoms with Gasteiger partial charge in [-0.3, -0.25) is 9.71 Å². The second kappa shape index (κ2) is 6.57. The number of para-hydroxylation sites is 1. The van der Waals surface area contributed by atoms with Crippen LogP contribution in [-0.4, -0.2) is 18.4 Å². The first kappa shape index (κ1) is 16.2. The molecule has 1 N–H and O–H groups in total. The largest absolute Gasteiger partial charge is 0.279 e. The number of nitrogens with zero attached hydrogens (tertiary/aromatic N) is 2. The third-order valence-electron chi connectivity index (χ3n) is 3.95. The minimum absolute atomic E-state index is 0.0354. The molecule has 0 fully saturated rings. The highest BCUT2D eigenvalue weighted by molar-refractivity contribution is 7.92. The van der Waals surface area contributed by atoms with Gasteiger partial charge in [-0.15, -0.1) is 0 Å². The van der Waals surface area contributed by atoms with E-state index < -0.39 is 10.0 Å². The van der Waals surface area contributed by atoms with E-state index in [-0.39, 0.29) is 5.03 Å². The zero-order valence-electron chi connectivity index (χ0n) is 13.7. The highest BCUT2D eigenvalue weighted by Gasteiger charge is 2.18. The van der Waals surface area contributed by atoms with E-state index in [1.807, 2.05) is 48.5 Å². The molecule has 0 spiro atoms. The summed E-state index contributed by atoms with van der Waals surface area (Å²) < 4.78 is 28.3. The lowest BCUT2D eigenvalue weighted by Crippen LogP contribution is -2.15. The van der Waals surface area contributed by atoms with E-state index in [0.29, 0.717) is 16.9 Å². The van der Waals surface area contributed by atoms with Crippen LogP contribution in [-0.2, 0) is 10.0 Å². The average Bonchev–Trinajstić information content (AvgIpc) is 2.69. The molecular weight excluding hydrogens is 346 g/mol. The molecule has 6 heteroatoms. The summed E-state index contributed by atoms with van der Waals surface area (Å²) in [7, 11) is -3.84. The van der Waals surface area contributed by atoms with Gasteiger partial charge in [0, 0.05) is 17.1 Å². The molecule has 4 rings (SSSR count). The average molecular weight is 361 g/mol. The van der Waals surface area contributed by atoms with Crippen LogP contribution in [0.15, 0.2) is 90.1 Å². The van der Waals surface area contributed by atoms with Gasteiger partial charge in [0.2, 0.25) is 0 Å². The van der Waals surface area contributed by atoms with Crippen LogP contribution in [0.3, 0.4) is 0 Å². The monoisotopic (exact) mass is 361 g/mol. The van der Waals surface area contributed by atoms with Crippen LogP contribution in [0, 0.1) is 0 Å². The zero-order chi connectivity index (χ0) is 18.0. The van der Waals surface area contributed by atoms with Gasteiger partial charge in [0.25, 0.3) is 10.0 Å². The van der Waals surface area contributed by atoms with Gasteiger partial charge in [-0.05, 0) is 24.3 Å². The number of aromatic nitrogens is 2. The fourth-order valence-electron chi connectivity index (χ4n) is 2.72. The first-order valence-corrected chi connectivity index (χ1v) is 9.51. The predicted octanol–water partition coefficient (Wildman–Crippen LogP) is 4.10. The third kappa shape index (κ3) is 3.14. The molecule has 0 aliphatic carbocycles. The Labute approximate surface area is 151 Å². The zero-order valence-corrected chi connectivity index (χ0v) is 14.5. The SMILES string of the molecule is O=S(=O)(Nc1cccc2cccnc12)c1cccc(-c2ccccc2)n1. The van der Waals surface area contributed by atoms with Crippen molar-refractivity contribution in [2.75, 3.05) is 4.72 Å².